The minimum absolute atomic E-state index is 0.673. The Morgan fingerprint density at radius 2 is 1.81 bits per heavy atom. The van der Waals surface area contributed by atoms with Gasteiger partial charge in [-0.05, 0) is 57.0 Å². The Kier molecular flexibility index (Phi) is 6.56. The van der Waals surface area contributed by atoms with E-state index in [4.69, 9.17) is 0 Å². The molecule has 1 fully saturated rings. The molecule has 1 saturated carbocycles. The van der Waals surface area contributed by atoms with Crippen molar-refractivity contribution in [1.29, 1.82) is 0 Å². The van der Waals surface area contributed by atoms with Crippen molar-refractivity contribution in [3.8, 4) is 0 Å². The fourth-order valence-corrected chi connectivity index (χ4v) is 3.53. The third kappa shape index (κ3) is 5.70. The Morgan fingerprint density at radius 3 is 2.48 bits per heavy atom. The van der Waals surface area contributed by atoms with Crippen LogP contribution in [0.3, 0.4) is 0 Å². The molecular weight excluding hydrogens is 256 g/mol. The van der Waals surface area contributed by atoms with E-state index in [0.29, 0.717) is 6.04 Å². The summed E-state index contributed by atoms with van der Waals surface area (Å²) in [6, 6.07) is 9.66. The Morgan fingerprint density at radius 1 is 1.05 bits per heavy atom. The van der Waals surface area contributed by atoms with Gasteiger partial charge in [0.1, 0.15) is 0 Å². The van der Waals surface area contributed by atoms with E-state index in [1.165, 1.54) is 56.2 Å². The number of rotatable bonds is 6. The normalized spacial score (nSPS) is 23.0. The molecule has 0 radical (unpaired) electrons. The lowest BCUT2D eigenvalue weighted by Crippen LogP contribution is -2.18. The van der Waals surface area contributed by atoms with E-state index in [2.05, 4.69) is 55.5 Å². The summed E-state index contributed by atoms with van der Waals surface area (Å²) >= 11 is 0. The second-order valence-electron chi connectivity index (χ2n) is 6.94. The number of nitrogens with one attached hydrogen (secondary N) is 1. The second-order valence-corrected chi connectivity index (χ2v) is 6.94. The average Bonchev–Trinajstić information content (AvgIpc) is 2.67. The number of hydrogen-bond donors (Lipinski definition) is 1. The largest absolute Gasteiger partial charge is 0.382 e. The molecule has 2 rings (SSSR count). The molecular formula is C19H32N2. The molecule has 1 aliphatic rings. The van der Waals surface area contributed by atoms with E-state index in [-0.39, 0.29) is 0 Å². The molecule has 1 N–H and O–H groups in total. The maximum absolute atomic E-state index is 3.75. The second kappa shape index (κ2) is 8.43. The summed E-state index contributed by atoms with van der Waals surface area (Å²) in [4.78, 5) is 2.21. The molecule has 0 heterocycles. The Bertz CT molecular complexity index is 397. The van der Waals surface area contributed by atoms with Gasteiger partial charge >= 0.3 is 0 Å². The van der Waals surface area contributed by atoms with Gasteiger partial charge in [-0.15, -0.1) is 0 Å². The van der Waals surface area contributed by atoms with Crippen LogP contribution in [-0.2, 0) is 6.54 Å². The van der Waals surface area contributed by atoms with Crippen LogP contribution in [0.15, 0.2) is 24.3 Å². The fraction of sp³-hybridized carbons (Fsp3) is 0.684. The highest BCUT2D eigenvalue weighted by Gasteiger charge is 2.18. The molecule has 0 spiro atoms. The molecule has 2 nitrogen and oxygen atoms in total. The molecule has 21 heavy (non-hydrogen) atoms. The van der Waals surface area contributed by atoms with Gasteiger partial charge in [0.05, 0.1) is 0 Å². The Labute approximate surface area is 130 Å². The summed E-state index contributed by atoms with van der Waals surface area (Å²) in [7, 11) is 4.23. The molecule has 0 amide bonds. The van der Waals surface area contributed by atoms with Crippen molar-refractivity contribution in [2.45, 2.75) is 64.5 Å². The van der Waals surface area contributed by atoms with Crippen molar-refractivity contribution in [1.82, 2.24) is 4.90 Å². The molecule has 1 aromatic carbocycles. The van der Waals surface area contributed by atoms with E-state index in [1.54, 1.807) is 0 Å². The van der Waals surface area contributed by atoms with Gasteiger partial charge in [0.25, 0.3) is 0 Å². The lowest BCUT2D eigenvalue weighted by atomic mass is 9.95. The van der Waals surface area contributed by atoms with Crippen LogP contribution < -0.4 is 5.32 Å². The smallest absolute Gasteiger partial charge is 0.0342 e. The third-order valence-electron chi connectivity index (χ3n) is 4.61. The Balaban J connectivity index is 1.83. The summed E-state index contributed by atoms with van der Waals surface area (Å²) in [5.41, 5.74) is 2.67. The number of nitrogens with zero attached hydrogens (tertiary/aromatic N) is 1. The van der Waals surface area contributed by atoms with Crippen molar-refractivity contribution in [3.05, 3.63) is 29.8 Å². The average molecular weight is 288 g/mol. The van der Waals surface area contributed by atoms with Gasteiger partial charge in [-0.3, -0.25) is 0 Å². The van der Waals surface area contributed by atoms with Gasteiger partial charge < -0.3 is 10.2 Å². The van der Waals surface area contributed by atoms with Crippen molar-refractivity contribution in [2.24, 2.45) is 5.92 Å². The van der Waals surface area contributed by atoms with Crippen LogP contribution in [0.4, 0.5) is 5.69 Å². The van der Waals surface area contributed by atoms with E-state index < -0.39 is 0 Å². The first-order chi connectivity index (χ1) is 10.2. The SMILES string of the molecule is CCCC1CCCC(Nc2ccc(CN(C)C)cc2)CC1. The van der Waals surface area contributed by atoms with Crippen LogP contribution in [0.2, 0.25) is 0 Å². The van der Waals surface area contributed by atoms with Crippen LogP contribution >= 0.6 is 0 Å². The van der Waals surface area contributed by atoms with E-state index in [9.17, 15) is 0 Å². The number of hydrogen-bond acceptors (Lipinski definition) is 2. The Hall–Kier alpha value is -1.02. The molecule has 1 aromatic rings. The van der Waals surface area contributed by atoms with E-state index in [0.717, 1.165) is 12.5 Å². The van der Waals surface area contributed by atoms with Crippen molar-refractivity contribution < 1.29 is 0 Å². The van der Waals surface area contributed by atoms with Crippen LogP contribution in [0, 0.1) is 5.92 Å². The number of anilines is 1. The van der Waals surface area contributed by atoms with Crippen molar-refractivity contribution >= 4 is 5.69 Å². The van der Waals surface area contributed by atoms with E-state index >= 15 is 0 Å². The zero-order chi connectivity index (χ0) is 15.1. The maximum atomic E-state index is 3.75. The molecule has 0 aromatic heterocycles. The van der Waals surface area contributed by atoms with Crippen molar-refractivity contribution in [3.63, 3.8) is 0 Å². The van der Waals surface area contributed by atoms with Gasteiger partial charge in [-0.2, -0.15) is 0 Å². The molecule has 1 aliphatic carbocycles. The first-order valence-electron chi connectivity index (χ1n) is 8.67. The summed E-state index contributed by atoms with van der Waals surface area (Å²) in [6.07, 6.45) is 9.67. The maximum Gasteiger partial charge on any atom is 0.0342 e. The molecule has 118 valence electrons. The molecule has 0 aliphatic heterocycles. The summed E-state index contributed by atoms with van der Waals surface area (Å²) in [5, 5.41) is 3.75. The standard InChI is InChI=1S/C19H32N2/c1-4-6-16-7-5-8-18(12-9-16)20-19-13-10-17(11-14-19)15-21(2)3/h10-11,13-14,16,18,20H,4-9,12,15H2,1-3H3. The zero-order valence-electron chi connectivity index (χ0n) is 14.1. The summed E-state index contributed by atoms with van der Waals surface area (Å²) in [5.74, 6) is 0.976. The predicted molar refractivity (Wildman–Crippen MR) is 92.7 cm³/mol. The van der Waals surface area contributed by atoms with Crippen LogP contribution in [0.5, 0.6) is 0 Å². The van der Waals surface area contributed by atoms with Gasteiger partial charge in [-0.1, -0.05) is 44.7 Å². The van der Waals surface area contributed by atoms with Gasteiger partial charge in [0.2, 0.25) is 0 Å². The molecule has 0 saturated heterocycles. The highest BCUT2D eigenvalue weighted by atomic mass is 15.0. The quantitative estimate of drug-likeness (QED) is 0.748. The zero-order valence-corrected chi connectivity index (χ0v) is 14.1. The first kappa shape index (κ1) is 16.4. The van der Waals surface area contributed by atoms with E-state index in [1.807, 2.05) is 0 Å². The molecule has 2 atom stereocenters. The van der Waals surface area contributed by atoms with Gasteiger partial charge in [0, 0.05) is 18.3 Å². The van der Waals surface area contributed by atoms with Crippen molar-refractivity contribution in [2.75, 3.05) is 19.4 Å². The highest BCUT2D eigenvalue weighted by molar-refractivity contribution is 5.45. The molecule has 2 heteroatoms. The first-order valence-corrected chi connectivity index (χ1v) is 8.67. The lowest BCUT2D eigenvalue weighted by molar-refractivity contribution is 0.402. The fourth-order valence-electron chi connectivity index (χ4n) is 3.53. The van der Waals surface area contributed by atoms with Gasteiger partial charge in [0.15, 0.2) is 0 Å². The topological polar surface area (TPSA) is 15.3 Å². The van der Waals surface area contributed by atoms with Crippen LogP contribution in [0.25, 0.3) is 0 Å². The molecule has 0 bridgehead atoms. The highest BCUT2D eigenvalue weighted by Crippen LogP contribution is 2.28. The number of benzene rings is 1. The molecule has 2 unspecified atom stereocenters. The third-order valence-corrected chi connectivity index (χ3v) is 4.61. The monoisotopic (exact) mass is 288 g/mol. The summed E-state index contributed by atoms with van der Waals surface area (Å²) in [6.45, 7) is 3.33. The minimum Gasteiger partial charge on any atom is -0.382 e. The summed E-state index contributed by atoms with van der Waals surface area (Å²) < 4.78 is 0. The van der Waals surface area contributed by atoms with Crippen LogP contribution in [0.1, 0.15) is 57.4 Å². The van der Waals surface area contributed by atoms with Gasteiger partial charge in [-0.25, -0.2) is 0 Å². The minimum atomic E-state index is 0.673. The lowest BCUT2D eigenvalue weighted by Gasteiger charge is -2.19. The van der Waals surface area contributed by atoms with Crippen LogP contribution in [-0.4, -0.2) is 25.0 Å². The predicted octanol–water partition coefficient (Wildman–Crippen LogP) is 4.91.